The summed E-state index contributed by atoms with van der Waals surface area (Å²) in [5.74, 6) is -6.03. The van der Waals surface area contributed by atoms with Gasteiger partial charge in [-0.15, -0.1) is 0 Å². The van der Waals surface area contributed by atoms with E-state index in [1.54, 1.807) is 0 Å². The van der Waals surface area contributed by atoms with Crippen molar-refractivity contribution < 1.29 is 23.1 Å². The second-order valence-electron chi connectivity index (χ2n) is 3.17. The molecule has 0 bridgehead atoms. The fourth-order valence-corrected chi connectivity index (χ4v) is 1.64. The number of aromatic carboxylic acids is 1. The third kappa shape index (κ3) is 1.80. The Morgan fingerprint density at radius 3 is 2.47 bits per heavy atom. The first-order chi connectivity index (χ1) is 7.91. The largest absolute Gasteiger partial charge is 0.477 e. The number of pyridine rings is 1. The number of rotatable bonds is 1. The minimum absolute atomic E-state index is 0.344. The molecule has 0 saturated carbocycles. The van der Waals surface area contributed by atoms with Crippen molar-refractivity contribution in [3.63, 3.8) is 0 Å². The molecule has 0 amide bonds. The standard InChI is InChI=1S/C10H3ClF3NO2/c11-3-1-6(10(16)17)15-5-2-4(12)8(13)9(14)7(3)5/h1-2H,(H,16,17). The molecule has 0 unspecified atom stereocenters. The van der Waals surface area contributed by atoms with E-state index < -0.39 is 34.5 Å². The van der Waals surface area contributed by atoms with Crippen LogP contribution in [-0.4, -0.2) is 16.1 Å². The molecule has 1 N–H and O–H groups in total. The van der Waals surface area contributed by atoms with Crippen molar-refractivity contribution in [2.24, 2.45) is 0 Å². The number of carbonyl (C=O) groups is 1. The number of hydrogen-bond donors (Lipinski definition) is 1. The molecule has 0 radical (unpaired) electrons. The zero-order chi connectivity index (χ0) is 12.7. The molecular formula is C10H3ClF3NO2. The van der Waals surface area contributed by atoms with E-state index >= 15 is 0 Å². The van der Waals surface area contributed by atoms with Gasteiger partial charge in [0.05, 0.1) is 15.9 Å². The van der Waals surface area contributed by atoms with E-state index in [9.17, 15) is 18.0 Å². The average Bonchev–Trinajstić information content (AvgIpc) is 2.25. The molecule has 0 aliphatic carbocycles. The van der Waals surface area contributed by atoms with Crippen molar-refractivity contribution in [1.29, 1.82) is 0 Å². The first-order valence-corrected chi connectivity index (χ1v) is 4.66. The van der Waals surface area contributed by atoms with Crippen molar-refractivity contribution in [3.05, 3.63) is 40.3 Å². The molecule has 2 rings (SSSR count). The lowest BCUT2D eigenvalue weighted by Gasteiger charge is -2.05. The Hall–Kier alpha value is -1.82. The Morgan fingerprint density at radius 2 is 1.88 bits per heavy atom. The summed E-state index contributed by atoms with van der Waals surface area (Å²) in [6.45, 7) is 0. The number of halogens is 4. The van der Waals surface area contributed by atoms with Crippen LogP contribution in [0.1, 0.15) is 10.5 Å². The average molecular weight is 262 g/mol. The normalized spacial score (nSPS) is 10.8. The Morgan fingerprint density at radius 1 is 1.24 bits per heavy atom. The molecule has 0 fully saturated rings. The maximum absolute atomic E-state index is 13.4. The van der Waals surface area contributed by atoms with Crippen LogP contribution in [0.2, 0.25) is 5.02 Å². The molecule has 0 aliphatic rings. The molecule has 2 aromatic rings. The van der Waals surface area contributed by atoms with Crippen LogP contribution in [0.25, 0.3) is 10.9 Å². The van der Waals surface area contributed by atoms with Crippen LogP contribution in [-0.2, 0) is 0 Å². The van der Waals surface area contributed by atoms with Gasteiger partial charge >= 0.3 is 5.97 Å². The molecule has 3 nitrogen and oxygen atoms in total. The van der Waals surface area contributed by atoms with Gasteiger partial charge in [0.1, 0.15) is 5.69 Å². The summed E-state index contributed by atoms with van der Waals surface area (Å²) in [7, 11) is 0. The minimum Gasteiger partial charge on any atom is -0.477 e. The monoisotopic (exact) mass is 261 g/mol. The zero-order valence-electron chi connectivity index (χ0n) is 7.97. The summed E-state index contributed by atoms with van der Waals surface area (Å²) >= 11 is 5.60. The summed E-state index contributed by atoms with van der Waals surface area (Å²) in [6, 6.07) is 1.46. The van der Waals surface area contributed by atoms with Gasteiger partial charge in [0.2, 0.25) is 0 Å². The third-order valence-corrected chi connectivity index (χ3v) is 2.40. The molecular weight excluding hydrogens is 259 g/mol. The zero-order valence-corrected chi connectivity index (χ0v) is 8.73. The lowest BCUT2D eigenvalue weighted by atomic mass is 10.1. The van der Waals surface area contributed by atoms with Gasteiger partial charge in [-0.05, 0) is 6.07 Å². The first kappa shape index (κ1) is 11.7. The van der Waals surface area contributed by atoms with Gasteiger partial charge < -0.3 is 5.11 Å². The first-order valence-electron chi connectivity index (χ1n) is 4.29. The van der Waals surface area contributed by atoms with Crippen LogP contribution in [0.15, 0.2) is 12.1 Å². The predicted octanol–water partition coefficient (Wildman–Crippen LogP) is 3.00. The van der Waals surface area contributed by atoms with Gasteiger partial charge in [-0.2, -0.15) is 0 Å². The maximum Gasteiger partial charge on any atom is 0.354 e. The number of fused-ring (bicyclic) bond motifs is 1. The van der Waals surface area contributed by atoms with Crippen LogP contribution in [0, 0.1) is 17.5 Å². The summed E-state index contributed by atoms with van der Waals surface area (Å²) < 4.78 is 39.2. The number of nitrogens with zero attached hydrogens (tertiary/aromatic N) is 1. The van der Waals surface area contributed by atoms with Gasteiger partial charge in [0, 0.05) is 6.07 Å². The van der Waals surface area contributed by atoms with E-state index in [0.717, 1.165) is 6.07 Å². The summed E-state index contributed by atoms with van der Waals surface area (Å²) in [6.07, 6.45) is 0. The molecule has 7 heteroatoms. The van der Waals surface area contributed by atoms with E-state index in [1.807, 2.05) is 0 Å². The third-order valence-electron chi connectivity index (χ3n) is 2.10. The van der Waals surface area contributed by atoms with E-state index in [4.69, 9.17) is 16.7 Å². The van der Waals surface area contributed by atoms with Crippen LogP contribution < -0.4 is 0 Å². The number of aromatic nitrogens is 1. The van der Waals surface area contributed by atoms with Crippen molar-refractivity contribution in [1.82, 2.24) is 4.98 Å². The molecule has 0 spiro atoms. The summed E-state index contributed by atoms with van der Waals surface area (Å²) in [5, 5.41) is 7.89. The Labute approximate surface area is 97.5 Å². The van der Waals surface area contributed by atoms with Crippen LogP contribution >= 0.6 is 11.6 Å². The maximum atomic E-state index is 13.4. The highest BCUT2D eigenvalue weighted by atomic mass is 35.5. The van der Waals surface area contributed by atoms with Crippen LogP contribution in [0.3, 0.4) is 0 Å². The van der Waals surface area contributed by atoms with E-state index in [2.05, 4.69) is 4.98 Å². The van der Waals surface area contributed by atoms with Gasteiger partial charge in [-0.25, -0.2) is 22.9 Å². The Kier molecular flexibility index (Phi) is 2.66. The van der Waals surface area contributed by atoms with E-state index in [0.29, 0.717) is 6.07 Å². The van der Waals surface area contributed by atoms with E-state index in [-0.39, 0.29) is 10.5 Å². The molecule has 0 atom stereocenters. The fraction of sp³-hybridized carbons (Fsp3) is 0. The molecule has 1 aromatic carbocycles. The second-order valence-corrected chi connectivity index (χ2v) is 3.58. The van der Waals surface area contributed by atoms with E-state index in [1.165, 1.54) is 0 Å². The molecule has 0 aliphatic heterocycles. The highest BCUT2D eigenvalue weighted by Crippen LogP contribution is 2.28. The Balaban J connectivity index is 2.91. The SMILES string of the molecule is O=C(O)c1cc(Cl)c2c(F)c(F)c(F)cc2n1. The number of hydrogen-bond acceptors (Lipinski definition) is 2. The van der Waals surface area contributed by atoms with Crippen molar-refractivity contribution in [3.8, 4) is 0 Å². The van der Waals surface area contributed by atoms with Crippen LogP contribution in [0.4, 0.5) is 13.2 Å². The highest BCUT2D eigenvalue weighted by molar-refractivity contribution is 6.35. The van der Waals surface area contributed by atoms with Crippen molar-refractivity contribution in [2.75, 3.05) is 0 Å². The van der Waals surface area contributed by atoms with Gasteiger partial charge in [0.25, 0.3) is 0 Å². The van der Waals surface area contributed by atoms with Crippen LogP contribution in [0.5, 0.6) is 0 Å². The number of benzene rings is 1. The smallest absolute Gasteiger partial charge is 0.354 e. The quantitative estimate of drug-likeness (QED) is 0.803. The molecule has 1 heterocycles. The van der Waals surface area contributed by atoms with Gasteiger partial charge in [0.15, 0.2) is 17.5 Å². The number of carboxylic acid groups (broad SMARTS) is 1. The highest BCUT2D eigenvalue weighted by Gasteiger charge is 2.19. The van der Waals surface area contributed by atoms with Gasteiger partial charge in [-0.1, -0.05) is 11.6 Å². The molecule has 88 valence electrons. The number of carboxylic acids is 1. The lowest BCUT2D eigenvalue weighted by molar-refractivity contribution is 0.0691. The van der Waals surface area contributed by atoms with Crippen molar-refractivity contribution >= 4 is 28.5 Å². The topological polar surface area (TPSA) is 50.2 Å². The summed E-state index contributed by atoms with van der Waals surface area (Å²) in [4.78, 5) is 14.1. The van der Waals surface area contributed by atoms with Crippen molar-refractivity contribution in [2.45, 2.75) is 0 Å². The lowest BCUT2D eigenvalue weighted by Crippen LogP contribution is -2.02. The summed E-state index contributed by atoms with van der Waals surface area (Å²) in [5.41, 5.74) is -0.834. The Bertz CT molecular complexity index is 645. The molecule has 0 saturated heterocycles. The fourth-order valence-electron chi connectivity index (χ4n) is 1.36. The molecule has 17 heavy (non-hydrogen) atoms. The molecule has 1 aromatic heterocycles. The minimum atomic E-state index is -1.68. The van der Waals surface area contributed by atoms with Gasteiger partial charge in [-0.3, -0.25) is 0 Å². The predicted molar refractivity (Wildman–Crippen MR) is 53.6 cm³/mol. The second kappa shape index (κ2) is 3.89.